The number of nitrogens with one attached hydrogen (secondary N) is 1. The van der Waals surface area contributed by atoms with E-state index < -0.39 is 0 Å². The average molecular weight is 293 g/mol. The van der Waals surface area contributed by atoms with Crippen LogP contribution in [0.5, 0.6) is 0 Å². The van der Waals surface area contributed by atoms with E-state index in [1.165, 1.54) is 6.07 Å². The van der Waals surface area contributed by atoms with E-state index in [4.69, 9.17) is 4.42 Å². The third-order valence-corrected chi connectivity index (χ3v) is 3.92. The van der Waals surface area contributed by atoms with E-state index in [2.05, 4.69) is 26.1 Å². The molecule has 0 amide bonds. The van der Waals surface area contributed by atoms with E-state index in [9.17, 15) is 4.39 Å². The van der Waals surface area contributed by atoms with Crippen LogP contribution < -0.4 is 5.32 Å². The van der Waals surface area contributed by atoms with Crippen molar-refractivity contribution in [2.45, 2.75) is 43.5 Å². The first kappa shape index (κ1) is 15.1. The Morgan fingerprint density at radius 1 is 1.25 bits per heavy atom. The Morgan fingerprint density at radius 3 is 2.70 bits per heavy atom. The molecule has 2 rings (SSSR count). The lowest BCUT2D eigenvalue weighted by atomic mass is 10.1. The third-order valence-electron chi connectivity index (χ3n) is 2.78. The first-order chi connectivity index (χ1) is 9.44. The summed E-state index contributed by atoms with van der Waals surface area (Å²) in [4.78, 5) is 1.08. The van der Waals surface area contributed by atoms with Crippen molar-refractivity contribution in [3.8, 4) is 0 Å². The number of hydrogen-bond acceptors (Lipinski definition) is 3. The fourth-order valence-electron chi connectivity index (χ4n) is 1.73. The minimum absolute atomic E-state index is 0.00919. The Labute approximate surface area is 123 Å². The molecule has 4 heteroatoms. The Kier molecular flexibility index (Phi) is 4.89. The molecular weight excluding hydrogens is 273 g/mol. The number of furan rings is 1. The largest absolute Gasteiger partial charge is 0.468 e. The van der Waals surface area contributed by atoms with Crippen molar-refractivity contribution in [3.63, 3.8) is 0 Å². The molecule has 0 atom stereocenters. The molecule has 108 valence electrons. The highest BCUT2D eigenvalue weighted by Gasteiger charge is 2.12. The molecule has 1 N–H and O–H groups in total. The first-order valence-corrected chi connectivity index (χ1v) is 7.61. The van der Waals surface area contributed by atoms with Crippen LogP contribution in [-0.2, 0) is 12.3 Å². The molecule has 0 saturated heterocycles. The van der Waals surface area contributed by atoms with Gasteiger partial charge in [0.2, 0.25) is 0 Å². The van der Waals surface area contributed by atoms with Gasteiger partial charge in [-0.3, -0.25) is 0 Å². The number of rotatable bonds is 5. The van der Waals surface area contributed by atoms with Gasteiger partial charge in [-0.15, -0.1) is 11.8 Å². The van der Waals surface area contributed by atoms with E-state index in [0.29, 0.717) is 6.54 Å². The Bertz CT molecular complexity index is 546. The Balaban J connectivity index is 2.07. The molecule has 0 spiro atoms. The molecule has 2 aromatic rings. The summed E-state index contributed by atoms with van der Waals surface area (Å²) in [6, 6.07) is 8.77. The van der Waals surface area contributed by atoms with Crippen LogP contribution in [0.4, 0.5) is 4.39 Å². The van der Waals surface area contributed by atoms with E-state index >= 15 is 0 Å². The van der Waals surface area contributed by atoms with Gasteiger partial charge in [0, 0.05) is 17.0 Å². The van der Waals surface area contributed by atoms with Crippen molar-refractivity contribution in [1.82, 2.24) is 5.32 Å². The maximum absolute atomic E-state index is 13.4. The van der Waals surface area contributed by atoms with Gasteiger partial charge < -0.3 is 9.73 Å². The SMILES string of the molecule is CC(C)(C)NCc1cc(F)ccc1SCc1ccco1. The predicted octanol–water partition coefficient (Wildman–Crippen LogP) is 4.60. The van der Waals surface area contributed by atoms with Crippen LogP contribution in [0.15, 0.2) is 45.9 Å². The molecule has 0 aliphatic rings. The standard InChI is InChI=1S/C16H20FNOS/c1-16(2,3)18-10-12-9-13(17)6-7-15(12)20-11-14-5-4-8-19-14/h4-9,18H,10-11H2,1-3H3. The fraction of sp³-hybridized carbons (Fsp3) is 0.375. The lowest BCUT2D eigenvalue weighted by Gasteiger charge is -2.21. The van der Waals surface area contributed by atoms with Crippen LogP contribution in [-0.4, -0.2) is 5.54 Å². The molecule has 1 aromatic carbocycles. The van der Waals surface area contributed by atoms with Gasteiger partial charge in [-0.25, -0.2) is 4.39 Å². The summed E-state index contributed by atoms with van der Waals surface area (Å²) in [7, 11) is 0. The molecular formula is C16H20FNOS. The van der Waals surface area contributed by atoms with E-state index in [1.54, 1.807) is 24.1 Å². The van der Waals surface area contributed by atoms with E-state index in [1.807, 2.05) is 18.2 Å². The highest BCUT2D eigenvalue weighted by atomic mass is 32.2. The molecule has 0 unspecified atom stereocenters. The normalized spacial score (nSPS) is 11.8. The molecule has 0 aliphatic carbocycles. The zero-order chi connectivity index (χ0) is 14.6. The van der Waals surface area contributed by atoms with Crippen LogP contribution in [0.3, 0.4) is 0 Å². The van der Waals surface area contributed by atoms with E-state index in [-0.39, 0.29) is 11.4 Å². The second-order valence-electron chi connectivity index (χ2n) is 5.72. The summed E-state index contributed by atoms with van der Waals surface area (Å²) >= 11 is 1.66. The Morgan fingerprint density at radius 2 is 2.05 bits per heavy atom. The smallest absolute Gasteiger partial charge is 0.123 e. The maximum atomic E-state index is 13.4. The lowest BCUT2D eigenvalue weighted by molar-refractivity contribution is 0.422. The van der Waals surface area contributed by atoms with Gasteiger partial charge in [0.25, 0.3) is 0 Å². The number of thioether (sulfide) groups is 1. The van der Waals surface area contributed by atoms with Crippen molar-refractivity contribution in [2.75, 3.05) is 0 Å². The number of hydrogen-bond donors (Lipinski definition) is 1. The summed E-state index contributed by atoms with van der Waals surface area (Å²) in [6.07, 6.45) is 1.67. The molecule has 1 heterocycles. The number of benzene rings is 1. The maximum Gasteiger partial charge on any atom is 0.123 e. The molecule has 1 aromatic heterocycles. The van der Waals surface area contributed by atoms with Crippen LogP contribution in [0.1, 0.15) is 32.1 Å². The summed E-state index contributed by atoms with van der Waals surface area (Å²) < 4.78 is 18.7. The molecule has 20 heavy (non-hydrogen) atoms. The van der Waals surface area contributed by atoms with Gasteiger partial charge >= 0.3 is 0 Å². The van der Waals surface area contributed by atoms with E-state index in [0.717, 1.165) is 22.0 Å². The van der Waals surface area contributed by atoms with Gasteiger partial charge in [0.05, 0.1) is 12.0 Å². The van der Waals surface area contributed by atoms with Crippen LogP contribution in [0.25, 0.3) is 0 Å². The van der Waals surface area contributed by atoms with Crippen LogP contribution in [0, 0.1) is 5.82 Å². The number of halogens is 1. The molecule has 0 bridgehead atoms. The van der Waals surface area contributed by atoms with Crippen molar-refractivity contribution in [3.05, 3.63) is 53.7 Å². The second-order valence-corrected chi connectivity index (χ2v) is 6.74. The fourth-order valence-corrected chi connectivity index (χ4v) is 2.67. The van der Waals surface area contributed by atoms with Gasteiger partial charge in [-0.05, 0) is 56.7 Å². The lowest BCUT2D eigenvalue weighted by Crippen LogP contribution is -2.35. The topological polar surface area (TPSA) is 25.2 Å². The van der Waals surface area contributed by atoms with Crippen molar-refractivity contribution >= 4 is 11.8 Å². The summed E-state index contributed by atoms with van der Waals surface area (Å²) in [5, 5.41) is 3.40. The highest BCUT2D eigenvalue weighted by Crippen LogP contribution is 2.27. The highest BCUT2D eigenvalue weighted by molar-refractivity contribution is 7.98. The zero-order valence-electron chi connectivity index (χ0n) is 12.1. The van der Waals surface area contributed by atoms with Crippen molar-refractivity contribution in [2.24, 2.45) is 0 Å². The molecule has 0 fully saturated rings. The average Bonchev–Trinajstić information content (AvgIpc) is 2.87. The predicted molar refractivity (Wildman–Crippen MR) is 81.3 cm³/mol. The first-order valence-electron chi connectivity index (χ1n) is 6.63. The van der Waals surface area contributed by atoms with Crippen molar-refractivity contribution < 1.29 is 8.81 Å². The minimum atomic E-state index is -0.196. The monoisotopic (exact) mass is 293 g/mol. The summed E-state index contributed by atoms with van der Waals surface area (Å²) in [5.41, 5.74) is 0.992. The molecule has 0 radical (unpaired) electrons. The molecule has 0 saturated carbocycles. The zero-order valence-corrected chi connectivity index (χ0v) is 12.9. The van der Waals surface area contributed by atoms with Crippen LogP contribution in [0.2, 0.25) is 0 Å². The summed E-state index contributed by atoms with van der Waals surface area (Å²) in [6.45, 7) is 6.95. The quantitative estimate of drug-likeness (QED) is 0.816. The van der Waals surface area contributed by atoms with Gasteiger partial charge in [-0.2, -0.15) is 0 Å². The van der Waals surface area contributed by atoms with Crippen molar-refractivity contribution in [1.29, 1.82) is 0 Å². The van der Waals surface area contributed by atoms with Crippen LogP contribution >= 0.6 is 11.8 Å². The van der Waals surface area contributed by atoms with Gasteiger partial charge in [-0.1, -0.05) is 0 Å². The van der Waals surface area contributed by atoms with Gasteiger partial charge in [0.1, 0.15) is 11.6 Å². The summed E-state index contributed by atoms with van der Waals surface area (Å²) in [5.74, 6) is 1.48. The second kappa shape index (κ2) is 6.46. The van der Waals surface area contributed by atoms with Gasteiger partial charge in [0.15, 0.2) is 0 Å². The molecule has 0 aliphatic heterocycles. The molecule has 2 nitrogen and oxygen atoms in total. The Hall–Kier alpha value is -1.26. The minimum Gasteiger partial charge on any atom is -0.468 e. The third kappa shape index (κ3) is 4.69.